The zero-order valence-corrected chi connectivity index (χ0v) is 20.3. The van der Waals surface area contributed by atoms with E-state index < -0.39 is 0 Å². The van der Waals surface area contributed by atoms with Crippen LogP contribution in [0, 0.1) is 0 Å². The fourth-order valence-electron chi connectivity index (χ4n) is 3.90. The van der Waals surface area contributed by atoms with Gasteiger partial charge in [-0.2, -0.15) is 4.98 Å². The number of aryl methyl sites for hydroxylation is 1. The van der Waals surface area contributed by atoms with Crippen LogP contribution in [0.25, 0.3) is 11.4 Å². The van der Waals surface area contributed by atoms with Crippen molar-refractivity contribution in [3.63, 3.8) is 0 Å². The van der Waals surface area contributed by atoms with E-state index in [-0.39, 0.29) is 11.9 Å². The lowest BCUT2D eigenvalue weighted by Gasteiger charge is -2.22. The van der Waals surface area contributed by atoms with E-state index in [0.29, 0.717) is 67.9 Å². The first-order valence-corrected chi connectivity index (χ1v) is 12.0. The number of amides is 3. The lowest BCUT2D eigenvalue weighted by molar-refractivity contribution is -0.131. The van der Waals surface area contributed by atoms with E-state index >= 15 is 0 Å². The van der Waals surface area contributed by atoms with Crippen LogP contribution in [0.2, 0.25) is 5.02 Å². The Bertz CT molecular complexity index is 1150. The Morgan fingerprint density at radius 1 is 1.09 bits per heavy atom. The molecule has 0 unspecified atom stereocenters. The van der Waals surface area contributed by atoms with Crippen molar-refractivity contribution in [2.24, 2.45) is 0 Å². The molecular formula is C25H28ClN5O4. The van der Waals surface area contributed by atoms with Gasteiger partial charge in [0.25, 0.3) is 0 Å². The van der Waals surface area contributed by atoms with Gasteiger partial charge in [-0.15, -0.1) is 0 Å². The number of nitrogens with zero attached hydrogens (tertiary/aromatic N) is 4. The molecule has 0 saturated carbocycles. The maximum atomic E-state index is 12.7. The number of urea groups is 1. The van der Waals surface area contributed by atoms with Crippen molar-refractivity contribution in [2.75, 3.05) is 38.6 Å². The number of methoxy groups -OCH3 is 1. The number of nitrogens with one attached hydrogen (secondary N) is 1. The third kappa shape index (κ3) is 6.73. The molecule has 1 N–H and O–H groups in total. The Kier molecular flexibility index (Phi) is 8.20. The van der Waals surface area contributed by atoms with Crippen molar-refractivity contribution in [1.82, 2.24) is 19.9 Å². The second-order valence-corrected chi connectivity index (χ2v) is 8.69. The van der Waals surface area contributed by atoms with Gasteiger partial charge in [-0.3, -0.25) is 4.79 Å². The third-order valence-electron chi connectivity index (χ3n) is 5.81. The number of anilines is 1. The molecular weight excluding hydrogens is 470 g/mol. The molecule has 184 valence electrons. The quantitative estimate of drug-likeness (QED) is 0.516. The Balaban J connectivity index is 1.22. The summed E-state index contributed by atoms with van der Waals surface area (Å²) in [5, 5.41) is 7.46. The molecule has 3 aromatic rings. The van der Waals surface area contributed by atoms with Gasteiger partial charge in [-0.25, -0.2) is 4.79 Å². The zero-order chi connectivity index (χ0) is 24.6. The predicted octanol–water partition coefficient (Wildman–Crippen LogP) is 4.49. The molecule has 2 heterocycles. The summed E-state index contributed by atoms with van der Waals surface area (Å²) in [4.78, 5) is 33.3. The highest BCUT2D eigenvalue weighted by Gasteiger charge is 2.22. The predicted molar refractivity (Wildman–Crippen MR) is 132 cm³/mol. The van der Waals surface area contributed by atoms with E-state index in [2.05, 4.69) is 15.5 Å². The molecule has 0 radical (unpaired) electrons. The molecule has 2 aromatic carbocycles. The fraction of sp³-hybridized carbons (Fsp3) is 0.360. The Morgan fingerprint density at radius 3 is 2.63 bits per heavy atom. The van der Waals surface area contributed by atoms with Gasteiger partial charge in [-0.1, -0.05) is 22.8 Å². The maximum Gasteiger partial charge on any atom is 0.321 e. The monoisotopic (exact) mass is 497 g/mol. The summed E-state index contributed by atoms with van der Waals surface area (Å²) in [6.07, 6.45) is 2.24. The summed E-state index contributed by atoms with van der Waals surface area (Å²) < 4.78 is 10.5. The highest BCUT2D eigenvalue weighted by Crippen LogP contribution is 2.20. The van der Waals surface area contributed by atoms with Crippen LogP contribution in [0.4, 0.5) is 10.5 Å². The standard InChI is InChI=1S/C25H28ClN5O4/c1-34-21-11-9-18(10-12-21)24-28-22(35-29-24)7-3-8-23(32)30-13-4-14-31(16-15-30)25(33)27-20-6-2-5-19(26)17-20/h2,5-6,9-12,17H,3-4,7-8,13-16H2,1H3,(H,27,33). The number of halogens is 1. The molecule has 1 fully saturated rings. The molecule has 4 rings (SSSR count). The van der Waals surface area contributed by atoms with Crippen molar-refractivity contribution in [3.05, 3.63) is 59.4 Å². The summed E-state index contributed by atoms with van der Waals surface area (Å²) in [5.74, 6) is 1.84. The van der Waals surface area contributed by atoms with Crippen LogP contribution in [-0.4, -0.2) is 65.2 Å². The zero-order valence-electron chi connectivity index (χ0n) is 19.6. The fourth-order valence-corrected chi connectivity index (χ4v) is 4.09. The summed E-state index contributed by atoms with van der Waals surface area (Å²) in [6, 6.07) is 14.3. The molecule has 9 nitrogen and oxygen atoms in total. The molecule has 0 bridgehead atoms. The molecule has 1 aliphatic rings. The highest BCUT2D eigenvalue weighted by molar-refractivity contribution is 6.30. The molecule has 1 aliphatic heterocycles. The van der Waals surface area contributed by atoms with Gasteiger partial charge in [0.1, 0.15) is 5.75 Å². The lowest BCUT2D eigenvalue weighted by Crippen LogP contribution is -2.39. The molecule has 0 atom stereocenters. The topological polar surface area (TPSA) is 101 Å². The molecule has 0 spiro atoms. The minimum Gasteiger partial charge on any atom is -0.497 e. The van der Waals surface area contributed by atoms with Gasteiger partial charge in [0.15, 0.2) is 0 Å². The normalized spacial score (nSPS) is 13.9. The van der Waals surface area contributed by atoms with Crippen molar-refractivity contribution in [2.45, 2.75) is 25.7 Å². The van der Waals surface area contributed by atoms with Crippen LogP contribution >= 0.6 is 11.6 Å². The second-order valence-electron chi connectivity index (χ2n) is 8.26. The summed E-state index contributed by atoms with van der Waals surface area (Å²) in [6.45, 7) is 2.20. The van der Waals surface area contributed by atoms with E-state index in [4.69, 9.17) is 20.9 Å². The van der Waals surface area contributed by atoms with Gasteiger partial charge < -0.3 is 24.4 Å². The van der Waals surface area contributed by atoms with Gasteiger partial charge in [-0.05, 0) is 55.3 Å². The molecule has 1 aromatic heterocycles. The van der Waals surface area contributed by atoms with Crippen molar-refractivity contribution in [3.8, 4) is 17.1 Å². The second kappa shape index (κ2) is 11.7. The van der Waals surface area contributed by atoms with Crippen molar-refractivity contribution >= 4 is 29.2 Å². The first-order valence-electron chi connectivity index (χ1n) is 11.6. The number of hydrogen-bond donors (Lipinski definition) is 1. The van der Waals surface area contributed by atoms with Crippen molar-refractivity contribution in [1.29, 1.82) is 0 Å². The Labute approximate surface area is 209 Å². The van der Waals surface area contributed by atoms with Crippen LogP contribution in [-0.2, 0) is 11.2 Å². The Morgan fingerprint density at radius 2 is 1.86 bits per heavy atom. The largest absolute Gasteiger partial charge is 0.497 e. The number of aromatic nitrogens is 2. The smallest absolute Gasteiger partial charge is 0.321 e. The number of ether oxygens (including phenoxy) is 1. The minimum absolute atomic E-state index is 0.0667. The van der Waals surface area contributed by atoms with Gasteiger partial charge in [0.2, 0.25) is 17.6 Å². The van der Waals surface area contributed by atoms with Crippen LogP contribution < -0.4 is 10.1 Å². The summed E-state index contributed by atoms with van der Waals surface area (Å²) in [5.41, 5.74) is 1.49. The molecule has 0 aliphatic carbocycles. The summed E-state index contributed by atoms with van der Waals surface area (Å²) in [7, 11) is 1.61. The van der Waals surface area contributed by atoms with E-state index in [1.165, 1.54) is 0 Å². The van der Waals surface area contributed by atoms with Crippen LogP contribution in [0.1, 0.15) is 25.2 Å². The van der Waals surface area contributed by atoms with Crippen LogP contribution in [0.15, 0.2) is 53.1 Å². The van der Waals surface area contributed by atoms with E-state index in [0.717, 1.165) is 17.7 Å². The van der Waals surface area contributed by atoms with Crippen LogP contribution in [0.5, 0.6) is 5.75 Å². The average molecular weight is 498 g/mol. The average Bonchev–Trinajstić information content (AvgIpc) is 3.19. The Hall–Kier alpha value is -3.59. The number of rotatable bonds is 7. The third-order valence-corrected chi connectivity index (χ3v) is 6.04. The van der Waals surface area contributed by atoms with Crippen molar-refractivity contribution < 1.29 is 18.8 Å². The minimum atomic E-state index is -0.189. The lowest BCUT2D eigenvalue weighted by atomic mass is 10.2. The van der Waals surface area contributed by atoms with Gasteiger partial charge in [0, 0.05) is 55.3 Å². The van der Waals surface area contributed by atoms with E-state index in [1.807, 2.05) is 29.2 Å². The number of carbonyl (C=O) groups excluding carboxylic acids is 2. The first-order chi connectivity index (χ1) is 17.0. The van der Waals surface area contributed by atoms with Gasteiger partial charge in [0.05, 0.1) is 7.11 Å². The SMILES string of the molecule is COc1ccc(-c2noc(CCCC(=O)N3CCCN(C(=O)Nc4cccc(Cl)c4)CC3)n2)cc1. The molecule has 10 heteroatoms. The number of hydrogen-bond acceptors (Lipinski definition) is 6. The molecule has 1 saturated heterocycles. The van der Waals surface area contributed by atoms with E-state index in [1.54, 1.807) is 36.3 Å². The number of benzene rings is 2. The maximum absolute atomic E-state index is 12.7. The van der Waals surface area contributed by atoms with E-state index in [9.17, 15) is 9.59 Å². The number of carbonyl (C=O) groups is 2. The van der Waals surface area contributed by atoms with Crippen LogP contribution in [0.3, 0.4) is 0 Å². The molecule has 35 heavy (non-hydrogen) atoms. The van der Waals surface area contributed by atoms with Gasteiger partial charge >= 0.3 is 6.03 Å². The summed E-state index contributed by atoms with van der Waals surface area (Å²) >= 11 is 5.99. The molecule has 3 amide bonds. The first kappa shape index (κ1) is 24.5. The highest BCUT2D eigenvalue weighted by atomic mass is 35.5.